The highest BCUT2D eigenvalue weighted by molar-refractivity contribution is 5.97. The summed E-state index contributed by atoms with van der Waals surface area (Å²) in [5, 5.41) is 0. The van der Waals surface area contributed by atoms with Crippen LogP contribution in [0.5, 0.6) is 0 Å². The van der Waals surface area contributed by atoms with Gasteiger partial charge in [-0.1, -0.05) is 6.07 Å². The number of piperidine rings is 1. The van der Waals surface area contributed by atoms with Crippen LogP contribution in [-0.2, 0) is 9.59 Å². The number of amides is 2. The molecule has 0 N–H and O–H groups in total. The zero-order valence-corrected chi connectivity index (χ0v) is 13.2. The van der Waals surface area contributed by atoms with Crippen LogP contribution in [0.3, 0.4) is 0 Å². The third kappa shape index (κ3) is 4.06. The SMILES string of the molecule is CC(=O)N(CC(=O)N1CCCCC1)c1cc(C)cc(C)c1. The average molecular weight is 288 g/mol. The van der Waals surface area contributed by atoms with Crippen molar-refractivity contribution in [1.29, 1.82) is 0 Å². The summed E-state index contributed by atoms with van der Waals surface area (Å²) in [6, 6.07) is 5.98. The number of benzene rings is 1. The van der Waals surface area contributed by atoms with Gasteiger partial charge in [0.15, 0.2) is 0 Å². The second kappa shape index (κ2) is 6.74. The lowest BCUT2D eigenvalue weighted by Gasteiger charge is -2.30. The minimum Gasteiger partial charge on any atom is -0.341 e. The van der Waals surface area contributed by atoms with E-state index in [0.29, 0.717) is 0 Å². The van der Waals surface area contributed by atoms with Crippen molar-refractivity contribution in [2.24, 2.45) is 0 Å². The quantitative estimate of drug-likeness (QED) is 0.858. The van der Waals surface area contributed by atoms with Gasteiger partial charge < -0.3 is 9.80 Å². The molecule has 1 heterocycles. The molecule has 1 aliphatic rings. The van der Waals surface area contributed by atoms with Gasteiger partial charge >= 0.3 is 0 Å². The molecule has 0 saturated carbocycles. The van der Waals surface area contributed by atoms with Crippen molar-refractivity contribution in [3.05, 3.63) is 29.3 Å². The van der Waals surface area contributed by atoms with Gasteiger partial charge in [0, 0.05) is 25.7 Å². The van der Waals surface area contributed by atoms with Crippen LogP contribution in [0.1, 0.15) is 37.3 Å². The molecular weight excluding hydrogens is 264 g/mol. The predicted octanol–water partition coefficient (Wildman–Crippen LogP) is 2.67. The number of carbonyl (C=O) groups is 2. The standard InChI is InChI=1S/C17H24N2O2/c1-13-9-14(2)11-16(10-13)19(15(3)20)12-17(21)18-7-5-4-6-8-18/h9-11H,4-8,12H2,1-3H3. The van der Waals surface area contributed by atoms with Crippen molar-refractivity contribution < 1.29 is 9.59 Å². The lowest BCUT2D eigenvalue weighted by atomic mass is 10.1. The minimum absolute atomic E-state index is 0.0454. The lowest BCUT2D eigenvalue weighted by molar-refractivity contribution is -0.132. The third-order valence-electron chi connectivity index (χ3n) is 3.90. The van der Waals surface area contributed by atoms with Crippen LogP contribution in [0.25, 0.3) is 0 Å². The first-order valence-corrected chi connectivity index (χ1v) is 7.61. The second-order valence-electron chi connectivity index (χ2n) is 5.89. The van der Waals surface area contributed by atoms with Gasteiger partial charge in [0.05, 0.1) is 0 Å². The summed E-state index contributed by atoms with van der Waals surface area (Å²) in [6.45, 7) is 7.29. The number of anilines is 1. The van der Waals surface area contributed by atoms with Crippen molar-refractivity contribution in [3.8, 4) is 0 Å². The molecule has 1 aliphatic heterocycles. The van der Waals surface area contributed by atoms with E-state index in [4.69, 9.17) is 0 Å². The average Bonchev–Trinajstić information content (AvgIpc) is 2.44. The van der Waals surface area contributed by atoms with Gasteiger partial charge in [-0.05, 0) is 56.4 Å². The summed E-state index contributed by atoms with van der Waals surface area (Å²) in [7, 11) is 0. The molecule has 0 aromatic heterocycles. The summed E-state index contributed by atoms with van der Waals surface area (Å²) in [4.78, 5) is 27.8. The maximum Gasteiger partial charge on any atom is 0.242 e. The number of carbonyl (C=O) groups excluding carboxylic acids is 2. The monoisotopic (exact) mass is 288 g/mol. The Kier molecular flexibility index (Phi) is 4.99. The van der Waals surface area contributed by atoms with Crippen molar-refractivity contribution in [2.45, 2.75) is 40.0 Å². The number of likely N-dealkylation sites (tertiary alicyclic amines) is 1. The second-order valence-corrected chi connectivity index (χ2v) is 5.89. The van der Waals surface area contributed by atoms with Crippen LogP contribution in [0, 0.1) is 13.8 Å². The highest BCUT2D eigenvalue weighted by atomic mass is 16.2. The fourth-order valence-corrected chi connectivity index (χ4v) is 2.87. The molecular formula is C17H24N2O2. The molecule has 1 aromatic rings. The molecule has 1 fully saturated rings. The Bertz CT molecular complexity index is 513. The van der Waals surface area contributed by atoms with Crippen LogP contribution in [-0.4, -0.2) is 36.3 Å². The highest BCUT2D eigenvalue weighted by Gasteiger charge is 2.22. The van der Waals surface area contributed by atoms with E-state index >= 15 is 0 Å². The molecule has 0 atom stereocenters. The topological polar surface area (TPSA) is 40.6 Å². The molecule has 114 valence electrons. The molecule has 21 heavy (non-hydrogen) atoms. The van der Waals surface area contributed by atoms with E-state index < -0.39 is 0 Å². The first-order valence-electron chi connectivity index (χ1n) is 7.61. The molecule has 0 radical (unpaired) electrons. The van der Waals surface area contributed by atoms with Crippen molar-refractivity contribution in [1.82, 2.24) is 4.90 Å². The van der Waals surface area contributed by atoms with Crippen molar-refractivity contribution >= 4 is 17.5 Å². The summed E-state index contributed by atoms with van der Waals surface area (Å²) < 4.78 is 0. The number of hydrogen-bond acceptors (Lipinski definition) is 2. The van der Waals surface area contributed by atoms with Crippen molar-refractivity contribution in [3.63, 3.8) is 0 Å². The molecule has 4 heteroatoms. The van der Waals surface area contributed by atoms with Gasteiger partial charge in [0.1, 0.15) is 6.54 Å². The molecule has 0 unspecified atom stereocenters. The summed E-state index contributed by atoms with van der Waals surface area (Å²) in [5.74, 6) is -0.0468. The van der Waals surface area contributed by atoms with Gasteiger partial charge in [-0.3, -0.25) is 9.59 Å². The minimum atomic E-state index is -0.0923. The summed E-state index contributed by atoms with van der Waals surface area (Å²) >= 11 is 0. The van der Waals surface area contributed by atoms with E-state index in [1.807, 2.05) is 30.9 Å². The Morgan fingerprint density at radius 2 is 1.62 bits per heavy atom. The fourth-order valence-electron chi connectivity index (χ4n) is 2.87. The van der Waals surface area contributed by atoms with E-state index in [1.54, 1.807) is 4.90 Å². The smallest absolute Gasteiger partial charge is 0.242 e. The number of rotatable bonds is 3. The molecule has 2 rings (SSSR count). The Morgan fingerprint density at radius 3 is 2.14 bits per heavy atom. The summed E-state index contributed by atoms with van der Waals surface area (Å²) in [6.07, 6.45) is 3.32. The molecule has 0 bridgehead atoms. The summed E-state index contributed by atoms with van der Waals surface area (Å²) in [5.41, 5.74) is 3.01. The first-order chi connectivity index (χ1) is 9.97. The van der Waals surface area contributed by atoms with E-state index in [0.717, 1.165) is 42.7 Å². The van der Waals surface area contributed by atoms with E-state index in [9.17, 15) is 9.59 Å². The zero-order chi connectivity index (χ0) is 15.4. The molecule has 0 spiro atoms. The van der Waals surface area contributed by atoms with E-state index in [1.165, 1.54) is 13.3 Å². The van der Waals surface area contributed by atoms with Gasteiger partial charge in [0.25, 0.3) is 0 Å². The zero-order valence-electron chi connectivity index (χ0n) is 13.2. The molecule has 2 amide bonds. The molecule has 1 aromatic carbocycles. The Morgan fingerprint density at radius 1 is 1.05 bits per heavy atom. The van der Waals surface area contributed by atoms with Gasteiger partial charge in [-0.15, -0.1) is 0 Å². The predicted molar refractivity (Wildman–Crippen MR) is 84.4 cm³/mol. The van der Waals surface area contributed by atoms with Gasteiger partial charge in [-0.2, -0.15) is 0 Å². The Hall–Kier alpha value is -1.84. The lowest BCUT2D eigenvalue weighted by Crippen LogP contribution is -2.44. The maximum absolute atomic E-state index is 12.4. The number of aryl methyl sites for hydroxylation is 2. The largest absolute Gasteiger partial charge is 0.341 e. The third-order valence-corrected chi connectivity index (χ3v) is 3.90. The normalized spacial score (nSPS) is 14.9. The molecule has 1 saturated heterocycles. The highest BCUT2D eigenvalue weighted by Crippen LogP contribution is 2.19. The van der Waals surface area contributed by atoms with Crippen molar-refractivity contribution in [2.75, 3.05) is 24.5 Å². The van der Waals surface area contributed by atoms with E-state index in [2.05, 4.69) is 6.07 Å². The van der Waals surface area contributed by atoms with Gasteiger partial charge in [0.2, 0.25) is 11.8 Å². The Labute approximate surface area is 126 Å². The number of nitrogens with zero attached hydrogens (tertiary/aromatic N) is 2. The fraction of sp³-hybridized carbons (Fsp3) is 0.529. The molecule has 4 nitrogen and oxygen atoms in total. The maximum atomic E-state index is 12.4. The molecule has 0 aliphatic carbocycles. The van der Waals surface area contributed by atoms with Crippen LogP contribution < -0.4 is 4.90 Å². The van der Waals surface area contributed by atoms with Crippen LogP contribution in [0.4, 0.5) is 5.69 Å². The van der Waals surface area contributed by atoms with Gasteiger partial charge in [-0.25, -0.2) is 0 Å². The van der Waals surface area contributed by atoms with E-state index in [-0.39, 0.29) is 18.4 Å². The number of hydrogen-bond donors (Lipinski definition) is 0. The van der Waals surface area contributed by atoms with Crippen LogP contribution >= 0.6 is 0 Å². The van der Waals surface area contributed by atoms with Crippen LogP contribution in [0.15, 0.2) is 18.2 Å². The first kappa shape index (κ1) is 15.5. The Balaban J connectivity index is 2.15. The van der Waals surface area contributed by atoms with Crippen LogP contribution in [0.2, 0.25) is 0 Å².